The van der Waals surface area contributed by atoms with Crippen molar-refractivity contribution in [1.29, 1.82) is 0 Å². The van der Waals surface area contributed by atoms with Crippen LogP contribution in [-0.2, 0) is 0 Å². The molecule has 0 aliphatic carbocycles. The van der Waals surface area contributed by atoms with Crippen LogP contribution in [0.5, 0.6) is 0 Å². The smallest absolute Gasteiger partial charge is 0.255 e. The van der Waals surface area contributed by atoms with Crippen molar-refractivity contribution in [3.05, 3.63) is 123 Å². The minimum absolute atomic E-state index is 0.200. The standard InChI is InChI=1S/C33H33N3O3/c1-19-7-10-28(13-22(19)4)34-31(37)25-16-26(32(38)35-29-11-8-20(2)23(5)14-29)18-27(17-25)33(39)36-30-12-9-21(3)24(6)15-30/h7-18H,1-6H3,(H,34,37)(H,35,38)(H,36,39). The normalized spacial score (nSPS) is 10.6. The monoisotopic (exact) mass is 519 g/mol. The van der Waals surface area contributed by atoms with Gasteiger partial charge in [-0.3, -0.25) is 14.4 Å². The Hall–Kier alpha value is -4.71. The molecule has 0 radical (unpaired) electrons. The summed E-state index contributed by atoms with van der Waals surface area (Å²) in [5.74, 6) is -1.25. The van der Waals surface area contributed by atoms with Gasteiger partial charge in [0.2, 0.25) is 0 Å². The lowest BCUT2D eigenvalue weighted by atomic mass is 10.0. The Morgan fingerprint density at radius 1 is 0.385 bits per heavy atom. The van der Waals surface area contributed by atoms with Crippen LogP contribution in [0, 0.1) is 41.5 Å². The van der Waals surface area contributed by atoms with Crippen LogP contribution in [0.3, 0.4) is 0 Å². The van der Waals surface area contributed by atoms with Crippen molar-refractivity contribution < 1.29 is 14.4 Å². The lowest BCUT2D eigenvalue weighted by Crippen LogP contribution is -2.19. The first-order valence-corrected chi connectivity index (χ1v) is 12.8. The first-order chi connectivity index (χ1) is 18.5. The largest absolute Gasteiger partial charge is 0.322 e. The lowest BCUT2D eigenvalue weighted by molar-refractivity contribution is 0.102. The molecule has 0 unspecified atom stereocenters. The van der Waals surface area contributed by atoms with Crippen LogP contribution in [0.25, 0.3) is 0 Å². The number of hydrogen-bond acceptors (Lipinski definition) is 3. The SMILES string of the molecule is Cc1ccc(NC(=O)c2cc(C(=O)Nc3ccc(C)c(C)c3)cc(C(=O)Nc3ccc(C)c(C)c3)c2)cc1C. The van der Waals surface area contributed by atoms with E-state index in [-0.39, 0.29) is 16.7 Å². The Morgan fingerprint density at radius 3 is 0.872 bits per heavy atom. The van der Waals surface area contributed by atoms with Gasteiger partial charge in [-0.25, -0.2) is 0 Å². The lowest BCUT2D eigenvalue weighted by Gasteiger charge is -2.13. The molecule has 0 aliphatic rings. The average molecular weight is 520 g/mol. The van der Waals surface area contributed by atoms with Crippen molar-refractivity contribution in [3.8, 4) is 0 Å². The molecule has 0 atom stereocenters. The zero-order valence-electron chi connectivity index (χ0n) is 23.2. The molecule has 6 heteroatoms. The van der Waals surface area contributed by atoms with Gasteiger partial charge >= 0.3 is 0 Å². The third-order valence-corrected chi connectivity index (χ3v) is 7.01. The molecule has 198 valence electrons. The molecule has 4 rings (SSSR count). The second-order valence-corrected chi connectivity index (χ2v) is 10.1. The number of nitrogens with one attached hydrogen (secondary N) is 3. The maximum Gasteiger partial charge on any atom is 0.255 e. The summed E-state index contributed by atoms with van der Waals surface area (Å²) in [5.41, 5.74) is 8.98. The van der Waals surface area contributed by atoms with Crippen LogP contribution in [0.1, 0.15) is 64.5 Å². The molecule has 0 aromatic heterocycles. The molecule has 0 spiro atoms. The molecule has 0 heterocycles. The Bertz CT molecular complexity index is 1400. The molecular weight excluding hydrogens is 486 g/mol. The van der Waals surface area contributed by atoms with E-state index in [9.17, 15) is 14.4 Å². The van der Waals surface area contributed by atoms with E-state index in [1.54, 1.807) is 0 Å². The molecule has 4 aromatic carbocycles. The van der Waals surface area contributed by atoms with Gasteiger partial charge in [0, 0.05) is 33.8 Å². The number of benzene rings is 4. The van der Waals surface area contributed by atoms with E-state index in [0.717, 1.165) is 33.4 Å². The first-order valence-electron chi connectivity index (χ1n) is 12.8. The Balaban J connectivity index is 1.67. The Morgan fingerprint density at radius 2 is 0.641 bits per heavy atom. The molecule has 0 saturated heterocycles. The number of rotatable bonds is 6. The van der Waals surface area contributed by atoms with E-state index in [1.807, 2.05) is 96.1 Å². The summed E-state index contributed by atoms with van der Waals surface area (Å²) >= 11 is 0. The minimum Gasteiger partial charge on any atom is -0.322 e. The van der Waals surface area contributed by atoms with E-state index < -0.39 is 17.7 Å². The highest BCUT2D eigenvalue weighted by Crippen LogP contribution is 2.21. The molecule has 0 fully saturated rings. The fourth-order valence-corrected chi connectivity index (χ4v) is 4.09. The van der Waals surface area contributed by atoms with Gasteiger partial charge in [-0.05, 0) is 130 Å². The third-order valence-electron chi connectivity index (χ3n) is 7.01. The molecular formula is C33H33N3O3. The summed E-state index contributed by atoms with van der Waals surface area (Å²) in [4.78, 5) is 39.8. The molecule has 3 amide bonds. The highest BCUT2D eigenvalue weighted by Gasteiger charge is 2.18. The molecule has 0 aliphatic heterocycles. The summed E-state index contributed by atoms with van der Waals surface area (Å²) in [6.07, 6.45) is 0. The van der Waals surface area contributed by atoms with Crippen molar-refractivity contribution in [3.63, 3.8) is 0 Å². The summed E-state index contributed by atoms with van der Waals surface area (Å²) in [6.45, 7) is 11.9. The second kappa shape index (κ2) is 11.4. The van der Waals surface area contributed by atoms with Gasteiger partial charge in [0.15, 0.2) is 0 Å². The summed E-state index contributed by atoms with van der Waals surface area (Å²) in [7, 11) is 0. The minimum atomic E-state index is -0.417. The van der Waals surface area contributed by atoms with Gasteiger partial charge in [0.25, 0.3) is 17.7 Å². The van der Waals surface area contributed by atoms with Crippen LogP contribution in [0.4, 0.5) is 17.1 Å². The molecule has 0 bridgehead atoms. The number of carbonyl (C=O) groups excluding carboxylic acids is 3. The van der Waals surface area contributed by atoms with Crippen molar-refractivity contribution in [2.45, 2.75) is 41.5 Å². The molecule has 4 aromatic rings. The van der Waals surface area contributed by atoms with E-state index in [0.29, 0.717) is 17.1 Å². The van der Waals surface area contributed by atoms with Gasteiger partial charge in [-0.2, -0.15) is 0 Å². The predicted octanol–water partition coefficient (Wildman–Crippen LogP) is 7.29. The van der Waals surface area contributed by atoms with Crippen molar-refractivity contribution in [2.24, 2.45) is 0 Å². The van der Waals surface area contributed by atoms with Crippen LogP contribution < -0.4 is 16.0 Å². The van der Waals surface area contributed by atoms with E-state index in [1.165, 1.54) is 18.2 Å². The number of aryl methyl sites for hydroxylation is 6. The zero-order chi connectivity index (χ0) is 28.3. The fourth-order valence-electron chi connectivity index (χ4n) is 4.09. The van der Waals surface area contributed by atoms with Crippen LogP contribution in [0.15, 0.2) is 72.8 Å². The van der Waals surface area contributed by atoms with E-state index in [4.69, 9.17) is 0 Å². The van der Waals surface area contributed by atoms with Crippen LogP contribution in [0.2, 0.25) is 0 Å². The summed E-state index contributed by atoms with van der Waals surface area (Å²) < 4.78 is 0. The van der Waals surface area contributed by atoms with Crippen LogP contribution >= 0.6 is 0 Å². The summed E-state index contributed by atoms with van der Waals surface area (Å²) in [5, 5.41) is 8.65. The van der Waals surface area contributed by atoms with Gasteiger partial charge in [0.1, 0.15) is 0 Å². The van der Waals surface area contributed by atoms with Gasteiger partial charge < -0.3 is 16.0 Å². The highest BCUT2D eigenvalue weighted by molar-refractivity contribution is 6.13. The zero-order valence-corrected chi connectivity index (χ0v) is 23.2. The maximum atomic E-state index is 13.3. The van der Waals surface area contributed by atoms with Crippen LogP contribution in [-0.4, -0.2) is 17.7 Å². The Kier molecular flexibility index (Phi) is 7.96. The van der Waals surface area contributed by atoms with Crippen molar-refractivity contribution >= 4 is 34.8 Å². The maximum absolute atomic E-state index is 13.3. The molecule has 39 heavy (non-hydrogen) atoms. The predicted molar refractivity (Wildman–Crippen MR) is 158 cm³/mol. The number of amides is 3. The molecule has 3 N–H and O–H groups in total. The van der Waals surface area contributed by atoms with E-state index >= 15 is 0 Å². The number of hydrogen-bond donors (Lipinski definition) is 3. The second-order valence-electron chi connectivity index (χ2n) is 10.1. The molecule has 6 nitrogen and oxygen atoms in total. The first kappa shape index (κ1) is 27.3. The summed E-state index contributed by atoms with van der Waals surface area (Å²) in [6, 6.07) is 21.4. The molecule has 0 saturated carbocycles. The quantitative estimate of drug-likeness (QED) is 0.250. The highest BCUT2D eigenvalue weighted by atomic mass is 16.2. The van der Waals surface area contributed by atoms with Gasteiger partial charge in [-0.15, -0.1) is 0 Å². The average Bonchev–Trinajstić information content (AvgIpc) is 2.90. The Labute approximate surface area is 229 Å². The number of carbonyl (C=O) groups is 3. The van der Waals surface area contributed by atoms with Gasteiger partial charge in [-0.1, -0.05) is 18.2 Å². The topological polar surface area (TPSA) is 87.3 Å². The number of anilines is 3. The van der Waals surface area contributed by atoms with Gasteiger partial charge in [0.05, 0.1) is 0 Å². The van der Waals surface area contributed by atoms with E-state index in [2.05, 4.69) is 16.0 Å². The van der Waals surface area contributed by atoms with Crippen molar-refractivity contribution in [1.82, 2.24) is 0 Å². The third kappa shape index (κ3) is 6.60. The fraction of sp³-hybridized carbons (Fsp3) is 0.182. The van der Waals surface area contributed by atoms with Crippen molar-refractivity contribution in [2.75, 3.05) is 16.0 Å².